The third-order valence-electron chi connectivity index (χ3n) is 9.78. The average Bonchev–Trinajstić information content (AvgIpc) is 3.17. The number of ether oxygens (including phenoxy) is 2. The first kappa shape index (κ1) is 35.1. The molecule has 1 heterocycles. The number of hydrogen-bond donors (Lipinski definition) is 3. The van der Waals surface area contributed by atoms with E-state index >= 15 is 0 Å². The summed E-state index contributed by atoms with van der Waals surface area (Å²) in [5.74, 6) is 0.0835. The van der Waals surface area contributed by atoms with Crippen molar-refractivity contribution in [3.05, 3.63) is 167 Å². The third kappa shape index (κ3) is 8.67. The SMILES string of the molecule is C[C@H]1[C@@H](CN(C)[C@@H](C)c2ccccc2)O[C@@H](c2ccc(-c3ccccc3CNC(=O)NCc3ccccc3)cc2)O[C@H]1c1ccc(CO)cc1. The van der Waals surface area contributed by atoms with Crippen LogP contribution < -0.4 is 10.6 Å². The van der Waals surface area contributed by atoms with Crippen LogP contribution >= 0.6 is 0 Å². The summed E-state index contributed by atoms with van der Waals surface area (Å²) in [6, 6.07) is 44.9. The molecule has 0 spiro atoms. The second-order valence-corrected chi connectivity index (χ2v) is 13.1. The van der Waals surface area contributed by atoms with Gasteiger partial charge in [-0.3, -0.25) is 4.90 Å². The van der Waals surface area contributed by atoms with Crippen molar-refractivity contribution in [1.82, 2.24) is 15.5 Å². The predicted octanol–water partition coefficient (Wildman–Crippen LogP) is 8.33. The maximum Gasteiger partial charge on any atom is 0.315 e. The zero-order valence-electron chi connectivity index (χ0n) is 29.0. The fraction of sp³-hybridized carbons (Fsp3) is 0.279. The van der Waals surface area contributed by atoms with E-state index in [1.807, 2.05) is 66.7 Å². The van der Waals surface area contributed by atoms with Gasteiger partial charge in [0, 0.05) is 37.2 Å². The molecule has 5 aromatic carbocycles. The summed E-state index contributed by atoms with van der Waals surface area (Å²) < 4.78 is 13.5. The molecule has 7 heteroatoms. The molecule has 0 bridgehead atoms. The van der Waals surface area contributed by atoms with Gasteiger partial charge in [-0.25, -0.2) is 4.79 Å². The summed E-state index contributed by atoms with van der Waals surface area (Å²) in [5, 5.41) is 15.6. The van der Waals surface area contributed by atoms with E-state index in [2.05, 4.69) is 103 Å². The molecule has 0 aliphatic carbocycles. The Bertz CT molecular complexity index is 1800. The van der Waals surface area contributed by atoms with Gasteiger partial charge in [-0.05, 0) is 52.9 Å². The van der Waals surface area contributed by atoms with Crippen LogP contribution in [0.5, 0.6) is 0 Å². The van der Waals surface area contributed by atoms with Crippen molar-refractivity contribution in [2.24, 2.45) is 5.92 Å². The van der Waals surface area contributed by atoms with Gasteiger partial charge in [0.1, 0.15) is 0 Å². The summed E-state index contributed by atoms with van der Waals surface area (Å²) in [7, 11) is 2.15. The van der Waals surface area contributed by atoms with Gasteiger partial charge in [0.15, 0.2) is 6.29 Å². The minimum absolute atomic E-state index is 0.00484. The van der Waals surface area contributed by atoms with Gasteiger partial charge in [0.2, 0.25) is 0 Å². The topological polar surface area (TPSA) is 83.1 Å². The van der Waals surface area contributed by atoms with E-state index in [4.69, 9.17) is 9.47 Å². The molecule has 50 heavy (non-hydrogen) atoms. The standard InChI is InChI=1S/C43H47N3O4/c1-30-40(28-46(3)31(2)34-14-8-5-9-15-34)49-42(50-41(30)36-20-18-33(29-47)19-21-36)37-24-22-35(23-25-37)39-17-11-10-16-38(39)27-45-43(48)44-26-32-12-6-4-7-13-32/h4-25,30-31,40-42,47H,26-29H2,1-3H3,(H2,44,45,48)/t30-,31-,40+,41+,42+/m0/s1. The quantitative estimate of drug-likeness (QED) is 0.124. The molecule has 0 unspecified atom stereocenters. The number of urea groups is 1. The maximum atomic E-state index is 12.6. The third-order valence-corrected chi connectivity index (χ3v) is 9.78. The molecular formula is C43H47N3O4. The number of carbonyl (C=O) groups excluding carboxylic acids is 1. The fourth-order valence-electron chi connectivity index (χ4n) is 6.55. The Balaban J connectivity index is 1.18. The highest BCUT2D eigenvalue weighted by molar-refractivity contribution is 5.75. The summed E-state index contributed by atoms with van der Waals surface area (Å²) >= 11 is 0. The molecule has 1 aliphatic heterocycles. The van der Waals surface area contributed by atoms with Crippen molar-refractivity contribution in [2.75, 3.05) is 13.6 Å². The fourth-order valence-corrected chi connectivity index (χ4v) is 6.55. The van der Waals surface area contributed by atoms with E-state index < -0.39 is 6.29 Å². The molecule has 5 aromatic rings. The summed E-state index contributed by atoms with van der Waals surface area (Å²) in [6.45, 7) is 6.04. The number of rotatable bonds is 12. The molecule has 1 fully saturated rings. The van der Waals surface area contributed by atoms with Gasteiger partial charge in [-0.2, -0.15) is 0 Å². The Kier molecular flexibility index (Phi) is 11.7. The van der Waals surface area contributed by atoms with E-state index in [1.165, 1.54) is 5.56 Å². The number of aliphatic hydroxyl groups excluding tert-OH is 1. The number of nitrogens with zero attached hydrogens (tertiary/aromatic N) is 1. The first-order chi connectivity index (χ1) is 24.4. The number of likely N-dealkylation sites (N-methyl/N-ethyl adjacent to an activating group) is 1. The Labute approximate surface area is 295 Å². The molecule has 1 aliphatic rings. The minimum atomic E-state index is -0.557. The van der Waals surface area contributed by atoms with Crippen LogP contribution in [0.3, 0.4) is 0 Å². The second-order valence-electron chi connectivity index (χ2n) is 13.1. The smallest absolute Gasteiger partial charge is 0.315 e. The zero-order chi connectivity index (χ0) is 34.9. The molecule has 7 nitrogen and oxygen atoms in total. The highest BCUT2D eigenvalue weighted by Gasteiger charge is 2.39. The number of benzene rings is 5. The molecule has 0 radical (unpaired) electrons. The molecule has 5 atom stereocenters. The predicted molar refractivity (Wildman–Crippen MR) is 198 cm³/mol. The van der Waals surface area contributed by atoms with Crippen molar-refractivity contribution >= 4 is 6.03 Å². The normalized spacial score (nSPS) is 19.5. The van der Waals surface area contributed by atoms with E-state index in [1.54, 1.807) is 0 Å². The molecule has 0 aromatic heterocycles. The Morgan fingerprint density at radius 2 is 1.36 bits per heavy atom. The minimum Gasteiger partial charge on any atom is -0.392 e. The van der Waals surface area contributed by atoms with Gasteiger partial charge in [-0.15, -0.1) is 0 Å². The van der Waals surface area contributed by atoms with Crippen LogP contribution in [-0.4, -0.2) is 35.7 Å². The van der Waals surface area contributed by atoms with Crippen molar-refractivity contribution in [3.8, 4) is 11.1 Å². The monoisotopic (exact) mass is 669 g/mol. The summed E-state index contributed by atoms with van der Waals surface area (Å²) in [6.07, 6.45) is -0.836. The number of nitrogens with one attached hydrogen (secondary N) is 2. The van der Waals surface area contributed by atoms with Crippen molar-refractivity contribution < 1.29 is 19.4 Å². The lowest BCUT2D eigenvalue weighted by atomic mass is 9.89. The largest absolute Gasteiger partial charge is 0.392 e. The summed E-state index contributed by atoms with van der Waals surface area (Å²) in [5.41, 5.74) is 8.32. The van der Waals surface area contributed by atoms with Crippen molar-refractivity contribution in [3.63, 3.8) is 0 Å². The van der Waals surface area contributed by atoms with Crippen LogP contribution in [0.2, 0.25) is 0 Å². The van der Waals surface area contributed by atoms with Crippen molar-refractivity contribution in [1.29, 1.82) is 0 Å². The lowest BCUT2D eigenvalue weighted by Gasteiger charge is -2.43. The van der Waals surface area contributed by atoms with Gasteiger partial charge in [-0.1, -0.05) is 140 Å². The number of hydrogen-bond acceptors (Lipinski definition) is 5. The first-order valence-electron chi connectivity index (χ1n) is 17.4. The Morgan fingerprint density at radius 1 is 0.740 bits per heavy atom. The lowest BCUT2D eigenvalue weighted by Crippen LogP contribution is -2.44. The molecule has 3 N–H and O–H groups in total. The van der Waals surface area contributed by atoms with Crippen LogP contribution in [0.25, 0.3) is 11.1 Å². The van der Waals surface area contributed by atoms with Gasteiger partial charge < -0.3 is 25.2 Å². The maximum absolute atomic E-state index is 12.6. The van der Waals surface area contributed by atoms with Gasteiger partial charge in [0.25, 0.3) is 0 Å². The molecule has 2 amide bonds. The average molecular weight is 670 g/mol. The van der Waals surface area contributed by atoms with E-state index in [0.29, 0.717) is 13.1 Å². The molecular weight excluding hydrogens is 622 g/mol. The first-order valence-corrected chi connectivity index (χ1v) is 17.4. The molecule has 258 valence electrons. The highest BCUT2D eigenvalue weighted by atomic mass is 16.7. The number of carbonyl (C=O) groups is 1. The van der Waals surface area contributed by atoms with Crippen LogP contribution in [0.1, 0.15) is 65.7 Å². The van der Waals surface area contributed by atoms with Crippen LogP contribution in [0.4, 0.5) is 4.79 Å². The molecule has 1 saturated heterocycles. The lowest BCUT2D eigenvalue weighted by molar-refractivity contribution is -0.276. The molecule has 0 saturated carbocycles. The summed E-state index contributed by atoms with van der Waals surface area (Å²) in [4.78, 5) is 14.9. The number of amides is 2. The highest BCUT2D eigenvalue weighted by Crippen LogP contribution is 2.42. The van der Waals surface area contributed by atoms with Gasteiger partial charge in [0.05, 0.1) is 18.8 Å². The van der Waals surface area contributed by atoms with E-state index in [0.717, 1.165) is 45.5 Å². The zero-order valence-corrected chi connectivity index (χ0v) is 29.0. The Hall–Kier alpha value is -4.79. The van der Waals surface area contributed by atoms with Crippen molar-refractivity contribution in [2.45, 2.75) is 58.1 Å². The van der Waals surface area contributed by atoms with E-state index in [9.17, 15) is 9.90 Å². The van der Waals surface area contributed by atoms with Gasteiger partial charge >= 0.3 is 6.03 Å². The second kappa shape index (κ2) is 16.7. The van der Waals surface area contributed by atoms with Crippen LogP contribution in [0, 0.1) is 5.92 Å². The Morgan fingerprint density at radius 3 is 2.06 bits per heavy atom. The number of aliphatic hydroxyl groups is 1. The van der Waals surface area contributed by atoms with Crippen LogP contribution in [0.15, 0.2) is 133 Å². The van der Waals surface area contributed by atoms with Crippen LogP contribution in [-0.2, 0) is 29.2 Å². The van der Waals surface area contributed by atoms with E-state index in [-0.39, 0.29) is 36.8 Å². The molecule has 6 rings (SSSR count).